The molecule has 3 aromatic rings. The number of nitrogens with zero attached hydrogens (tertiary/aromatic N) is 3. The van der Waals surface area contributed by atoms with Crippen molar-refractivity contribution in [2.24, 2.45) is 0 Å². The van der Waals surface area contributed by atoms with Gasteiger partial charge in [-0.2, -0.15) is 0 Å². The number of aryl methyl sites for hydroxylation is 1. The Bertz CT molecular complexity index is 1210. The Labute approximate surface area is 169 Å². The van der Waals surface area contributed by atoms with Crippen molar-refractivity contribution in [3.63, 3.8) is 0 Å². The van der Waals surface area contributed by atoms with Gasteiger partial charge in [-0.25, -0.2) is 26.0 Å². The van der Waals surface area contributed by atoms with E-state index in [0.717, 1.165) is 43.5 Å². The highest BCUT2D eigenvalue weighted by atomic mass is 32.2. The molecule has 0 aliphatic carbocycles. The van der Waals surface area contributed by atoms with Crippen molar-refractivity contribution in [3.05, 3.63) is 59.4 Å². The van der Waals surface area contributed by atoms with E-state index in [2.05, 4.69) is 10.2 Å². The van der Waals surface area contributed by atoms with Crippen molar-refractivity contribution in [2.45, 2.75) is 37.1 Å². The Hall–Kier alpha value is -2.95. The topological polar surface area (TPSA) is 76.9 Å². The van der Waals surface area contributed by atoms with Gasteiger partial charge in [-0.05, 0) is 31.0 Å². The van der Waals surface area contributed by atoms with E-state index < -0.39 is 43.9 Å². The van der Waals surface area contributed by atoms with Gasteiger partial charge in [0, 0.05) is 19.0 Å². The monoisotopic (exact) mass is 440 g/mol. The van der Waals surface area contributed by atoms with Gasteiger partial charge in [0.2, 0.25) is 0 Å². The van der Waals surface area contributed by atoms with Gasteiger partial charge in [0.15, 0.2) is 10.7 Å². The number of hydrogen-bond acceptors (Lipinski definition) is 4. The average molecular weight is 440 g/mol. The summed E-state index contributed by atoms with van der Waals surface area (Å²) in [6, 6.07) is 3.91. The van der Waals surface area contributed by atoms with E-state index in [0.29, 0.717) is 24.9 Å². The summed E-state index contributed by atoms with van der Waals surface area (Å²) < 4.78 is 85.1. The van der Waals surface area contributed by atoms with Crippen LogP contribution in [0.1, 0.15) is 25.1 Å². The molecule has 4 rings (SSSR count). The predicted molar refractivity (Wildman–Crippen MR) is 100 cm³/mol. The van der Waals surface area contributed by atoms with E-state index in [1.165, 1.54) is 0 Å². The molecule has 0 spiro atoms. The van der Waals surface area contributed by atoms with Gasteiger partial charge < -0.3 is 4.57 Å². The molecule has 1 aliphatic rings. The second-order valence-corrected chi connectivity index (χ2v) is 8.49. The minimum atomic E-state index is -4.82. The van der Waals surface area contributed by atoms with Crippen LogP contribution in [0, 0.1) is 23.3 Å². The maximum Gasteiger partial charge on any atom is 0.267 e. The lowest BCUT2D eigenvalue weighted by atomic mass is 10.1. The van der Waals surface area contributed by atoms with E-state index in [-0.39, 0.29) is 11.4 Å². The number of nitrogens with one attached hydrogen (secondary N) is 1. The Morgan fingerprint density at radius 2 is 1.63 bits per heavy atom. The molecule has 2 heterocycles. The summed E-state index contributed by atoms with van der Waals surface area (Å²) in [4.78, 5) is -1.26. The van der Waals surface area contributed by atoms with Crippen molar-refractivity contribution in [3.8, 4) is 11.4 Å². The number of anilines is 1. The number of hydrogen-bond donors (Lipinski definition) is 1. The van der Waals surface area contributed by atoms with E-state index in [1.54, 1.807) is 9.29 Å². The number of benzene rings is 2. The Morgan fingerprint density at radius 3 is 2.37 bits per heavy atom. The Balaban J connectivity index is 1.77. The van der Waals surface area contributed by atoms with Crippen LogP contribution in [-0.2, 0) is 23.0 Å². The lowest BCUT2D eigenvalue weighted by molar-refractivity contribution is 0.520. The van der Waals surface area contributed by atoms with Crippen LogP contribution in [0.15, 0.2) is 35.2 Å². The minimum Gasteiger partial charge on any atom is -0.311 e. The molecule has 0 saturated heterocycles. The summed E-state index contributed by atoms with van der Waals surface area (Å²) in [5.41, 5.74) is -0.844. The molecule has 0 bridgehead atoms. The molecular formula is C19H16F4N4O2S. The summed E-state index contributed by atoms with van der Waals surface area (Å²) in [5, 5.41) is 8.02. The van der Waals surface area contributed by atoms with Crippen molar-refractivity contribution >= 4 is 15.7 Å². The zero-order valence-corrected chi connectivity index (χ0v) is 16.3. The molecule has 1 aromatic heterocycles. The van der Waals surface area contributed by atoms with Crippen LogP contribution < -0.4 is 4.72 Å². The number of fused-ring (bicyclic) bond motifs is 1. The summed E-state index contributed by atoms with van der Waals surface area (Å²) in [7, 11) is -4.82. The third-order valence-electron chi connectivity index (χ3n) is 4.84. The molecule has 0 radical (unpaired) electrons. The smallest absolute Gasteiger partial charge is 0.267 e. The van der Waals surface area contributed by atoms with Crippen LogP contribution in [-0.4, -0.2) is 23.2 Å². The van der Waals surface area contributed by atoms with Crippen LogP contribution in [0.5, 0.6) is 0 Å². The lowest BCUT2D eigenvalue weighted by Gasteiger charge is -2.13. The fourth-order valence-corrected chi connectivity index (χ4v) is 4.62. The molecule has 0 unspecified atom stereocenters. The fourth-order valence-electron chi connectivity index (χ4n) is 3.42. The second-order valence-electron chi connectivity index (χ2n) is 6.87. The van der Waals surface area contributed by atoms with Crippen LogP contribution in [0.25, 0.3) is 11.4 Å². The Kier molecular flexibility index (Phi) is 5.22. The number of rotatable bonds is 4. The zero-order chi connectivity index (χ0) is 21.5. The molecule has 0 amide bonds. The SMILES string of the molecule is O=S(=O)(Nc1cc(-c2nnc3n2CCCCC3)c(F)cc1F)c1c(F)cccc1F. The first-order valence-electron chi connectivity index (χ1n) is 9.16. The van der Waals surface area contributed by atoms with E-state index >= 15 is 0 Å². The number of halogens is 4. The first-order valence-corrected chi connectivity index (χ1v) is 10.6. The number of aromatic nitrogens is 3. The molecule has 1 aliphatic heterocycles. The molecule has 1 N–H and O–H groups in total. The van der Waals surface area contributed by atoms with Crippen molar-refractivity contribution in [1.29, 1.82) is 0 Å². The van der Waals surface area contributed by atoms with E-state index in [4.69, 9.17) is 0 Å². The molecule has 0 atom stereocenters. The highest BCUT2D eigenvalue weighted by molar-refractivity contribution is 7.92. The fraction of sp³-hybridized carbons (Fsp3) is 0.263. The van der Waals surface area contributed by atoms with Crippen LogP contribution in [0.2, 0.25) is 0 Å². The third kappa shape index (κ3) is 3.64. The van der Waals surface area contributed by atoms with Crippen molar-refractivity contribution in [1.82, 2.24) is 14.8 Å². The standard InChI is InChI=1S/C19H16F4N4O2S/c20-12-5-4-6-13(21)18(12)30(28,29)26-16-9-11(14(22)10-15(16)23)19-25-24-17-7-2-1-3-8-27(17)19/h4-6,9-10,26H,1-3,7-8H2. The van der Waals surface area contributed by atoms with Gasteiger partial charge >= 0.3 is 0 Å². The summed E-state index contributed by atoms with van der Waals surface area (Å²) in [5.74, 6) is -4.11. The lowest BCUT2D eigenvalue weighted by Crippen LogP contribution is -2.17. The molecule has 0 fully saturated rings. The molecular weight excluding hydrogens is 424 g/mol. The Morgan fingerprint density at radius 1 is 0.900 bits per heavy atom. The first kappa shape index (κ1) is 20.3. The molecule has 11 heteroatoms. The second kappa shape index (κ2) is 7.71. The minimum absolute atomic E-state index is 0.127. The highest BCUT2D eigenvalue weighted by Gasteiger charge is 2.27. The number of sulfonamides is 1. The van der Waals surface area contributed by atoms with Gasteiger partial charge in [-0.3, -0.25) is 4.72 Å². The van der Waals surface area contributed by atoms with Crippen LogP contribution in [0.3, 0.4) is 0 Å². The normalized spacial score (nSPS) is 14.3. The molecule has 0 saturated carbocycles. The van der Waals surface area contributed by atoms with Gasteiger partial charge in [0.05, 0.1) is 11.3 Å². The van der Waals surface area contributed by atoms with Gasteiger partial charge in [0.1, 0.15) is 29.1 Å². The molecule has 30 heavy (non-hydrogen) atoms. The van der Waals surface area contributed by atoms with E-state index in [1.807, 2.05) is 0 Å². The van der Waals surface area contributed by atoms with Gasteiger partial charge in [0.25, 0.3) is 10.0 Å². The van der Waals surface area contributed by atoms with Crippen molar-refractivity contribution in [2.75, 3.05) is 4.72 Å². The van der Waals surface area contributed by atoms with Gasteiger partial charge in [-0.15, -0.1) is 10.2 Å². The van der Waals surface area contributed by atoms with Crippen molar-refractivity contribution < 1.29 is 26.0 Å². The molecule has 158 valence electrons. The summed E-state index contributed by atoms with van der Waals surface area (Å²) >= 11 is 0. The summed E-state index contributed by atoms with van der Waals surface area (Å²) in [6.07, 6.45) is 3.35. The largest absolute Gasteiger partial charge is 0.311 e. The molecule has 2 aromatic carbocycles. The van der Waals surface area contributed by atoms with Gasteiger partial charge in [-0.1, -0.05) is 12.5 Å². The maximum atomic E-state index is 14.5. The first-order chi connectivity index (χ1) is 14.3. The zero-order valence-electron chi connectivity index (χ0n) is 15.5. The third-order valence-corrected chi connectivity index (χ3v) is 6.26. The highest BCUT2D eigenvalue weighted by Crippen LogP contribution is 2.31. The predicted octanol–water partition coefficient (Wildman–Crippen LogP) is 4.03. The molecule has 6 nitrogen and oxygen atoms in total. The van der Waals surface area contributed by atoms with E-state index in [9.17, 15) is 26.0 Å². The quantitative estimate of drug-likeness (QED) is 0.622. The summed E-state index contributed by atoms with van der Waals surface area (Å²) in [6.45, 7) is 0.538. The van der Waals surface area contributed by atoms with Crippen LogP contribution >= 0.6 is 0 Å². The average Bonchev–Trinajstić information content (AvgIpc) is 2.91. The maximum absolute atomic E-state index is 14.5. The van der Waals surface area contributed by atoms with Crippen LogP contribution in [0.4, 0.5) is 23.2 Å².